The molecule has 35 heavy (non-hydrogen) atoms. The van der Waals surface area contributed by atoms with Crippen molar-refractivity contribution in [1.82, 2.24) is 0 Å². The monoisotopic (exact) mass is 546 g/mol. The number of carbonyl (C=O) groups is 1. The van der Waals surface area contributed by atoms with E-state index < -0.39 is 15.6 Å². The van der Waals surface area contributed by atoms with Crippen molar-refractivity contribution >= 4 is 37.6 Å². The van der Waals surface area contributed by atoms with Gasteiger partial charge in [0.15, 0.2) is 0 Å². The van der Waals surface area contributed by atoms with E-state index in [2.05, 4.69) is 15.9 Å². The van der Waals surface area contributed by atoms with Crippen LogP contribution in [0.4, 0.5) is 0 Å². The maximum absolute atomic E-state index is 13.7. The molecule has 4 nitrogen and oxygen atoms in total. The summed E-state index contributed by atoms with van der Waals surface area (Å²) in [6, 6.07) is 29.8. The van der Waals surface area contributed by atoms with Crippen molar-refractivity contribution in [2.75, 3.05) is 0 Å². The molecule has 4 rings (SSSR count). The van der Waals surface area contributed by atoms with E-state index in [-0.39, 0.29) is 15.4 Å². The van der Waals surface area contributed by atoms with Crippen LogP contribution in [0.1, 0.15) is 27.0 Å². The highest BCUT2D eigenvalue weighted by atomic mass is 79.9. The lowest BCUT2D eigenvalue weighted by Gasteiger charge is -2.13. The SMILES string of the molecule is Cc1ccc(S(=O)(=O)/C(=C/c2ccccc2OCc2ccccc2)C(=O)c2ccc(Br)cc2)cc1. The van der Waals surface area contributed by atoms with Crippen LogP contribution in [0.5, 0.6) is 5.75 Å². The van der Waals surface area contributed by atoms with Crippen molar-refractivity contribution in [3.8, 4) is 5.75 Å². The number of Topliss-reactive ketones (excluding diaryl/α,β-unsaturated/α-hetero) is 1. The molecular formula is C29H23BrO4S. The number of benzene rings is 4. The lowest BCUT2D eigenvalue weighted by atomic mass is 10.1. The predicted molar refractivity (Wildman–Crippen MR) is 142 cm³/mol. The normalized spacial score (nSPS) is 11.8. The number of allylic oxidation sites excluding steroid dienone is 1. The molecule has 0 aliphatic rings. The molecule has 0 bridgehead atoms. The standard InChI is InChI=1S/C29H23BrO4S/c1-21-11-17-26(18-12-21)35(32,33)28(29(31)23-13-15-25(30)16-14-23)19-24-9-5-6-10-27(24)34-20-22-7-3-2-4-8-22/h2-19H,20H2,1H3/b28-19+. The Bertz CT molecular complexity index is 1460. The molecule has 0 unspecified atom stereocenters. The number of aryl methyl sites for hydroxylation is 1. The highest BCUT2D eigenvalue weighted by molar-refractivity contribution is 9.10. The van der Waals surface area contributed by atoms with Gasteiger partial charge in [0.05, 0.1) is 4.90 Å². The summed E-state index contributed by atoms with van der Waals surface area (Å²) in [4.78, 5) is 13.3. The predicted octanol–water partition coefficient (Wildman–Crippen LogP) is 7.03. The van der Waals surface area contributed by atoms with E-state index in [0.29, 0.717) is 17.9 Å². The first-order chi connectivity index (χ1) is 16.8. The Labute approximate surface area is 214 Å². The number of hydrogen-bond acceptors (Lipinski definition) is 4. The summed E-state index contributed by atoms with van der Waals surface area (Å²) >= 11 is 3.35. The van der Waals surface area contributed by atoms with Gasteiger partial charge in [-0.05, 0) is 61.0 Å². The van der Waals surface area contributed by atoms with Gasteiger partial charge < -0.3 is 4.74 Å². The van der Waals surface area contributed by atoms with Gasteiger partial charge in [-0.15, -0.1) is 0 Å². The third kappa shape index (κ3) is 5.96. The molecule has 0 fully saturated rings. The van der Waals surface area contributed by atoms with Crippen LogP contribution in [0, 0.1) is 6.92 Å². The molecule has 0 spiro atoms. The Morgan fingerprint density at radius 2 is 1.46 bits per heavy atom. The number of ether oxygens (including phenoxy) is 1. The lowest BCUT2D eigenvalue weighted by Crippen LogP contribution is -2.14. The largest absolute Gasteiger partial charge is 0.488 e. The molecule has 0 amide bonds. The van der Waals surface area contributed by atoms with Crippen molar-refractivity contribution in [1.29, 1.82) is 0 Å². The fourth-order valence-corrected chi connectivity index (χ4v) is 5.12. The molecule has 176 valence electrons. The quantitative estimate of drug-likeness (QED) is 0.176. The third-order valence-corrected chi connectivity index (χ3v) is 7.70. The zero-order chi connectivity index (χ0) is 24.8. The van der Waals surface area contributed by atoms with Gasteiger partial charge in [-0.3, -0.25) is 4.79 Å². The molecule has 0 saturated carbocycles. The van der Waals surface area contributed by atoms with Crippen LogP contribution >= 0.6 is 15.9 Å². The molecular weight excluding hydrogens is 524 g/mol. The fraction of sp³-hybridized carbons (Fsp3) is 0.0690. The average molecular weight is 547 g/mol. The number of rotatable bonds is 8. The van der Waals surface area contributed by atoms with Gasteiger partial charge >= 0.3 is 0 Å². The maximum Gasteiger partial charge on any atom is 0.210 e. The van der Waals surface area contributed by atoms with Crippen LogP contribution in [0.3, 0.4) is 0 Å². The van der Waals surface area contributed by atoms with E-state index >= 15 is 0 Å². The minimum atomic E-state index is -4.11. The highest BCUT2D eigenvalue weighted by Gasteiger charge is 2.28. The molecule has 0 aliphatic heterocycles. The first kappa shape index (κ1) is 24.6. The molecule has 0 radical (unpaired) electrons. The van der Waals surface area contributed by atoms with Crippen LogP contribution < -0.4 is 4.74 Å². The molecule has 0 heterocycles. The first-order valence-electron chi connectivity index (χ1n) is 10.9. The number of halogens is 1. The molecule has 4 aromatic rings. The summed E-state index contributed by atoms with van der Waals surface area (Å²) in [6.45, 7) is 2.19. The van der Waals surface area contributed by atoms with Crippen LogP contribution in [-0.2, 0) is 16.4 Å². The fourth-order valence-electron chi connectivity index (χ4n) is 3.46. The number of carbonyl (C=O) groups excluding carboxylic acids is 1. The number of para-hydroxylation sites is 1. The summed E-state index contributed by atoms with van der Waals surface area (Å²) in [7, 11) is -4.11. The van der Waals surface area contributed by atoms with Gasteiger partial charge in [0.2, 0.25) is 15.6 Å². The summed E-state index contributed by atoms with van der Waals surface area (Å²) in [6.07, 6.45) is 1.40. The Balaban J connectivity index is 1.79. The van der Waals surface area contributed by atoms with Crippen LogP contribution in [0.15, 0.2) is 117 Å². The smallest absolute Gasteiger partial charge is 0.210 e. The van der Waals surface area contributed by atoms with Gasteiger partial charge in [0.1, 0.15) is 17.3 Å². The number of hydrogen-bond donors (Lipinski definition) is 0. The van der Waals surface area contributed by atoms with Gasteiger partial charge in [-0.2, -0.15) is 0 Å². The molecule has 0 atom stereocenters. The van der Waals surface area contributed by atoms with Crippen molar-refractivity contribution < 1.29 is 17.9 Å². The van der Waals surface area contributed by atoms with Crippen molar-refractivity contribution in [3.05, 3.63) is 135 Å². The minimum Gasteiger partial charge on any atom is -0.488 e. The van der Waals surface area contributed by atoms with Crippen molar-refractivity contribution in [2.45, 2.75) is 18.4 Å². The Hall–Kier alpha value is -3.48. The van der Waals surface area contributed by atoms with E-state index in [9.17, 15) is 13.2 Å². The summed E-state index contributed by atoms with van der Waals surface area (Å²) in [5, 5.41) is 0. The Kier molecular flexibility index (Phi) is 7.63. The van der Waals surface area contributed by atoms with Crippen LogP contribution in [0.2, 0.25) is 0 Å². The van der Waals surface area contributed by atoms with E-state index in [1.54, 1.807) is 54.6 Å². The molecule has 6 heteroatoms. The molecule has 4 aromatic carbocycles. The second-order valence-electron chi connectivity index (χ2n) is 7.97. The zero-order valence-electron chi connectivity index (χ0n) is 19.0. The average Bonchev–Trinajstić information content (AvgIpc) is 2.87. The zero-order valence-corrected chi connectivity index (χ0v) is 21.4. The van der Waals surface area contributed by atoms with Crippen molar-refractivity contribution in [2.24, 2.45) is 0 Å². The number of ketones is 1. The van der Waals surface area contributed by atoms with Crippen molar-refractivity contribution in [3.63, 3.8) is 0 Å². The Morgan fingerprint density at radius 1 is 0.829 bits per heavy atom. The molecule has 0 aliphatic carbocycles. The third-order valence-electron chi connectivity index (χ3n) is 5.39. The van der Waals surface area contributed by atoms with E-state index in [0.717, 1.165) is 15.6 Å². The minimum absolute atomic E-state index is 0.0579. The van der Waals surface area contributed by atoms with E-state index in [4.69, 9.17) is 4.74 Å². The summed E-state index contributed by atoms with van der Waals surface area (Å²) in [5.74, 6) is -0.104. The van der Waals surface area contributed by atoms with Gasteiger partial charge in [0.25, 0.3) is 0 Å². The van der Waals surface area contributed by atoms with Gasteiger partial charge in [-0.25, -0.2) is 8.42 Å². The molecule has 0 N–H and O–H groups in total. The van der Waals surface area contributed by atoms with Crippen LogP contribution in [-0.4, -0.2) is 14.2 Å². The second-order valence-corrected chi connectivity index (χ2v) is 10.8. The summed E-state index contributed by atoms with van der Waals surface area (Å²) in [5.41, 5.74) is 2.68. The van der Waals surface area contributed by atoms with Gasteiger partial charge in [0, 0.05) is 15.6 Å². The van der Waals surface area contributed by atoms with Crippen LogP contribution in [0.25, 0.3) is 6.08 Å². The van der Waals surface area contributed by atoms with Gasteiger partial charge in [-0.1, -0.05) is 82.2 Å². The number of sulfone groups is 1. The highest BCUT2D eigenvalue weighted by Crippen LogP contribution is 2.29. The molecule has 0 saturated heterocycles. The Morgan fingerprint density at radius 3 is 2.14 bits per heavy atom. The lowest BCUT2D eigenvalue weighted by molar-refractivity contribution is 0.104. The topological polar surface area (TPSA) is 60.4 Å². The maximum atomic E-state index is 13.7. The summed E-state index contributed by atoms with van der Waals surface area (Å²) < 4.78 is 34.2. The van der Waals surface area contributed by atoms with E-state index in [1.165, 1.54) is 18.2 Å². The van der Waals surface area contributed by atoms with E-state index in [1.807, 2.05) is 43.3 Å². The second kappa shape index (κ2) is 10.8. The first-order valence-corrected chi connectivity index (χ1v) is 13.2. The molecule has 0 aromatic heterocycles.